The maximum atomic E-state index is 14.4. The predicted octanol–water partition coefficient (Wildman–Crippen LogP) is 4.04. The molecule has 1 saturated carbocycles. The van der Waals surface area contributed by atoms with Crippen LogP contribution in [0.25, 0.3) is 0 Å². The monoisotopic (exact) mass is 422 g/mol. The average Bonchev–Trinajstić information content (AvgIpc) is 3.34. The van der Waals surface area contributed by atoms with Crippen LogP contribution in [-0.4, -0.2) is 54.1 Å². The first-order valence-electron chi connectivity index (χ1n) is 11.3. The highest BCUT2D eigenvalue weighted by molar-refractivity contribution is 5.64. The average molecular weight is 423 g/mol. The Morgan fingerprint density at radius 2 is 1.87 bits per heavy atom. The van der Waals surface area contributed by atoms with Crippen LogP contribution in [0.4, 0.5) is 27.5 Å². The molecule has 2 heterocycles. The molecule has 164 valence electrons. The van der Waals surface area contributed by atoms with Crippen LogP contribution in [-0.2, 0) is 0 Å². The first-order chi connectivity index (χ1) is 15.0. The van der Waals surface area contributed by atoms with E-state index in [0.717, 1.165) is 38.3 Å². The van der Waals surface area contributed by atoms with Gasteiger partial charge in [0.1, 0.15) is 0 Å². The van der Waals surface area contributed by atoms with Crippen LogP contribution in [0.5, 0.6) is 0 Å². The van der Waals surface area contributed by atoms with Gasteiger partial charge < -0.3 is 20.4 Å². The van der Waals surface area contributed by atoms with Gasteiger partial charge in [-0.15, -0.1) is 0 Å². The van der Waals surface area contributed by atoms with Crippen molar-refractivity contribution in [3.63, 3.8) is 0 Å². The number of hydrogen-bond donors (Lipinski definition) is 2. The van der Waals surface area contributed by atoms with Crippen molar-refractivity contribution in [1.29, 1.82) is 0 Å². The van der Waals surface area contributed by atoms with E-state index in [4.69, 9.17) is 0 Å². The summed E-state index contributed by atoms with van der Waals surface area (Å²) < 4.78 is 14.4. The Kier molecular flexibility index (Phi) is 5.30. The smallest absolute Gasteiger partial charge is 0.229 e. The minimum absolute atomic E-state index is 0.220. The van der Waals surface area contributed by atoms with Crippen LogP contribution in [0.3, 0.4) is 0 Å². The molecule has 2 N–H and O–H groups in total. The minimum Gasteiger partial charge on any atom is -0.369 e. The number of fused-ring (bicyclic) bond motifs is 2. The Hall–Kier alpha value is -2.67. The van der Waals surface area contributed by atoms with Gasteiger partial charge in [-0.1, -0.05) is 19.1 Å². The molecule has 1 aromatic heterocycles. The van der Waals surface area contributed by atoms with E-state index in [-0.39, 0.29) is 11.9 Å². The number of aryl methyl sites for hydroxylation is 1. The molecule has 2 bridgehead atoms. The fraction of sp³-hybridized carbons (Fsp3) is 0.500. The van der Waals surface area contributed by atoms with Crippen LogP contribution in [0.15, 0.2) is 36.5 Å². The van der Waals surface area contributed by atoms with Crippen molar-refractivity contribution >= 4 is 23.1 Å². The van der Waals surface area contributed by atoms with Crippen molar-refractivity contribution in [2.24, 2.45) is 17.8 Å². The van der Waals surface area contributed by atoms with Crippen LogP contribution < -0.4 is 15.5 Å². The summed E-state index contributed by atoms with van der Waals surface area (Å²) in [5.74, 6) is 1.79. The number of aromatic nitrogens is 2. The van der Waals surface area contributed by atoms with E-state index in [9.17, 15) is 4.39 Å². The summed E-state index contributed by atoms with van der Waals surface area (Å²) in [4.78, 5) is 13.4. The highest BCUT2D eigenvalue weighted by atomic mass is 19.1. The molecule has 31 heavy (non-hydrogen) atoms. The molecule has 2 fully saturated rings. The fourth-order valence-electron chi connectivity index (χ4n) is 5.26. The maximum absolute atomic E-state index is 14.4. The Labute approximate surface area is 183 Å². The zero-order valence-corrected chi connectivity index (χ0v) is 18.5. The van der Waals surface area contributed by atoms with E-state index >= 15 is 0 Å². The van der Waals surface area contributed by atoms with Gasteiger partial charge in [0.25, 0.3) is 0 Å². The van der Waals surface area contributed by atoms with Gasteiger partial charge in [0.2, 0.25) is 5.95 Å². The van der Waals surface area contributed by atoms with Crippen molar-refractivity contribution in [3.8, 4) is 0 Å². The lowest BCUT2D eigenvalue weighted by Gasteiger charge is -2.35. The molecule has 1 aliphatic heterocycles. The molecule has 7 heteroatoms. The molecule has 0 amide bonds. The molecule has 3 aliphatic rings. The van der Waals surface area contributed by atoms with Gasteiger partial charge >= 0.3 is 0 Å². The van der Waals surface area contributed by atoms with E-state index in [1.54, 1.807) is 0 Å². The van der Waals surface area contributed by atoms with Gasteiger partial charge in [0.15, 0.2) is 11.6 Å². The molecule has 0 spiro atoms. The van der Waals surface area contributed by atoms with E-state index in [0.29, 0.717) is 23.7 Å². The molecule has 1 aromatic carbocycles. The highest BCUT2D eigenvalue weighted by Crippen LogP contribution is 2.44. The lowest BCUT2D eigenvalue weighted by Crippen LogP contribution is -2.44. The topological polar surface area (TPSA) is 56.3 Å². The van der Waals surface area contributed by atoms with Crippen molar-refractivity contribution in [1.82, 2.24) is 14.9 Å². The first-order valence-corrected chi connectivity index (χ1v) is 11.3. The summed E-state index contributed by atoms with van der Waals surface area (Å²) in [7, 11) is 2.16. The number of allylic oxidation sites excluding steroid dienone is 1. The first kappa shape index (κ1) is 20.2. The third kappa shape index (κ3) is 3.99. The molecule has 0 radical (unpaired) electrons. The largest absolute Gasteiger partial charge is 0.369 e. The van der Waals surface area contributed by atoms with Gasteiger partial charge in [0, 0.05) is 43.6 Å². The van der Waals surface area contributed by atoms with Gasteiger partial charge in [0.05, 0.1) is 6.20 Å². The Morgan fingerprint density at radius 1 is 1.10 bits per heavy atom. The van der Waals surface area contributed by atoms with E-state index < -0.39 is 5.82 Å². The summed E-state index contributed by atoms with van der Waals surface area (Å²) in [5.41, 5.74) is 3.38. The SMILES string of the molecule is Cc1cc(Nc2ncc(F)c(N[C@H]3[C@@H](C)[C@@H]4C=C[C@H]3C4)n2)ccc1N1CCN(C)CC1. The van der Waals surface area contributed by atoms with Gasteiger partial charge in [-0.25, -0.2) is 9.37 Å². The summed E-state index contributed by atoms with van der Waals surface area (Å²) in [6.07, 6.45) is 6.95. The molecule has 4 atom stereocenters. The van der Waals surface area contributed by atoms with Gasteiger partial charge in [-0.2, -0.15) is 4.98 Å². The normalized spacial score (nSPS) is 27.7. The lowest BCUT2D eigenvalue weighted by atomic mass is 9.91. The van der Waals surface area contributed by atoms with Crippen LogP contribution in [0.1, 0.15) is 18.9 Å². The third-order valence-electron chi connectivity index (χ3n) is 7.20. The summed E-state index contributed by atoms with van der Waals surface area (Å²) in [5, 5.41) is 6.61. The Morgan fingerprint density at radius 3 is 2.58 bits per heavy atom. The number of nitrogens with zero attached hydrogens (tertiary/aromatic N) is 4. The number of likely N-dealkylation sites (N-methyl/N-ethyl adjacent to an activating group) is 1. The predicted molar refractivity (Wildman–Crippen MR) is 123 cm³/mol. The Balaban J connectivity index is 1.29. The molecular weight excluding hydrogens is 391 g/mol. The number of benzene rings is 1. The quantitative estimate of drug-likeness (QED) is 0.710. The van der Waals surface area contributed by atoms with Crippen molar-refractivity contribution in [2.45, 2.75) is 26.3 Å². The molecule has 2 aliphatic carbocycles. The minimum atomic E-state index is -0.411. The number of halogens is 1. The van der Waals surface area contributed by atoms with Crippen molar-refractivity contribution in [3.05, 3.63) is 47.9 Å². The Bertz CT molecular complexity index is 984. The number of piperazine rings is 1. The van der Waals surface area contributed by atoms with Crippen LogP contribution >= 0.6 is 0 Å². The molecule has 0 unspecified atom stereocenters. The third-order valence-corrected chi connectivity index (χ3v) is 7.20. The van der Waals surface area contributed by atoms with Crippen molar-refractivity contribution in [2.75, 3.05) is 48.8 Å². The van der Waals surface area contributed by atoms with Gasteiger partial charge in [-0.3, -0.25) is 0 Å². The lowest BCUT2D eigenvalue weighted by molar-refractivity contribution is 0.312. The summed E-state index contributed by atoms with van der Waals surface area (Å²) in [6, 6.07) is 6.52. The molecule has 5 rings (SSSR count). The van der Waals surface area contributed by atoms with Gasteiger partial charge in [-0.05, 0) is 61.9 Å². The number of rotatable bonds is 5. The molecule has 2 aromatic rings. The zero-order valence-electron chi connectivity index (χ0n) is 18.5. The number of anilines is 4. The molecule has 6 nitrogen and oxygen atoms in total. The van der Waals surface area contributed by atoms with E-state index in [2.05, 4.69) is 75.6 Å². The summed E-state index contributed by atoms with van der Waals surface area (Å²) >= 11 is 0. The standard InChI is InChI=1S/C24H31FN6/c1-15-12-19(6-7-21(15)31-10-8-30(3)9-11-31)27-24-26-14-20(25)23(29-24)28-22-16(2)17-4-5-18(22)13-17/h4-7,12,14,16-18,22H,8-11,13H2,1-3H3,(H2,26,27,28,29)/t16-,17+,18-,22-/m0/s1. The van der Waals surface area contributed by atoms with E-state index in [1.807, 2.05) is 6.07 Å². The van der Waals surface area contributed by atoms with Crippen LogP contribution in [0.2, 0.25) is 0 Å². The second kappa shape index (κ2) is 8.11. The number of hydrogen-bond acceptors (Lipinski definition) is 6. The van der Waals surface area contributed by atoms with Crippen molar-refractivity contribution < 1.29 is 4.39 Å². The van der Waals surface area contributed by atoms with Crippen LogP contribution in [0, 0.1) is 30.5 Å². The maximum Gasteiger partial charge on any atom is 0.229 e. The second-order valence-corrected chi connectivity index (χ2v) is 9.28. The fourth-order valence-corrected chi connectivity index (χ4v) is 5.26. The molecular formula is C24H31FN6. The second-order valence-electron chi connectivity index (χ2n) is 9.28. The highest BCUT2D eigenvalue weighted by Gasteiger charge is 2.42. The molecule has 1 saturated heterocycles. The van der Waals surface area contributed by atoms with E-state index in [1.165, 1.54) is 17.4 Å². The summed E-state index contributed by atoms with van der Waals surface area (Å²) in [6.45, 7) is 8.59. The number of nitrogens with one attached hydrogen (secondary N) is 2. The zero-order chi connectivity index (χ0) is 21.5.